The van der Waals surface area contributed by atoms with Gasteiger partial charge in [0.05, 0.1) is 11.3 Å². The van der Waals surface area contributed by atoms with Gasteiger partial charge in [0.1, 0.15) is 6.07 Å². The maximum Gasteiger partial charge on any atom is 0.229 e. The number of anilines is 1. The number of nitriles is 1. The molecule has 1 N–H and O–H groups in total. The van der Waals surface area contributed by atoms with E-state index in [2.05, 4.69) is 11.4 Å². The summed E-state index contributed by atoms with van der Waals surface area (Å²) in [5.41, 5.74) is 1.32. The quantitative estimate of drug-likeness (QED) is 0.864. The Morgan fingerprint density at radius 3 is 2.39 bits per heavy atom. The number of hydrogen-bond acceptors (Lipinski definition) is 4. The number of hydrogen-bond donors (Lipinski definition) is 1. The summed E-state index contributed by atoms with van der Waals surface area (Å²) < 4.78 is 0. The van der Waals surface area contributed by atoms with E-state index in [-0.39, 0.29) is 23.9 Å². The fourth-order valence-electron chi connectivity index (χ4n) is 3.43. The molecule has 1 aliphatic heterocycles. The summed E-state index contributed by atoms with van der Waals surface area (Å²) in [6.45, 7) is 0. The summed E-state index contributed by atoms with van der Waals surface area (Å²) in [6.07, 6.45) is 4.07. The third-order valence-corrected chi connectivity index (χ3v) is 4.85. The van der Waals surface area contributed by atoms with Crippen LogP contribution in [0.3, 0.4) is 0 Å². The average molecular weight is 332 g/mol. The van der Waals surface area contributed by atoms with Crippen molar-refractivity contribution in [3.63, 3.8) is 0 Å². The molecule has 1 saturated heterocycles. The molecule has 6 heteroatoms. The van der Waals surface area contributed by atoms with Crippen LogP contribution in [0, 0.1) is 11.3 Å². The number of imide groups is 1. The minimum absolute atomic E-state index is 0.0316. The molecule has 1 aromatic carbocycles. The highest BCUT2D eigenvalue weighted by Gasteiger charge is 2.36. The van der Waals surface area contributed by atoms with Crippen LogP contribution in [0.5, 0.6) is 0 Å². The fourth-order valence-corrected chi connectivity index (χ4v) is 3.61. The van der Waals surface area contributed by atoms with Crippen molar-refractivity contribution in [3.8, 4) is 6.07 Å². The summed E-state index contributed by atoms with van der Waals surface area (Å²) in [6, 6.07) is 7.66. The lowest BCUT2D eigenvalue weighted by atomic mass is 9.90. The van der Waals surface area contributed by atoms with E-state index in [1.165, 1.54) is 4.90 Å². The van der Waals surface area contributed by atoms with E-state index in [0.29, 0.717) is 23.4 Å². The van der Waals surface area contributed by atoms with Crippen LogP contribution in [0.1, 0.15) is 44.1 Å². The van der Waals surface area contributed by atoms with Crippen molar-refractivity contribution >= 4 is 29.1 Å². The number of rotatable bonds is 3. The molecular formula is C17H18ClN3O2. The number of amides is 2. The molecule has 2 fully saturated rings. The molecular weight excluding hydrogens is 314 g/mol. The van der Waals surface area contributed by atoms with Crippen LogP contribution >= 0.6 is 11.6 Å². The fraction of sp³-hybridized carbons (Fsp3) is 0.471. The molecule has 3 rings (SSSR count). The Morgan fingerprint density at radius 2 is 1.78 bits per heavy atom. The molecule has 1 saturated carbocycles. The molecule has 5 nitrogen and oxygen atoms in total. The van der Waals surface area contributed by atoms with Crippen molar-refractivity contribution in [2.75, 3.05) is 5.32 Å². The average Bonchev–Trinajstić information content (AvgIpc) is 2.89. The van der Waals surface area contributed by atoms with Crippen LogP contribution in [-0.2, 0) is 9.59 Å². The van der Waals surface area contributed by atoms with E-state index in [1.807, 2.05) is 6.07 Å². The molecule has 1 aliphatic carbocycles. The Bertz CT molecular complexity index is 659. The first-order valence-electron chi connectivity index (χ1n) is 7.89. The van der Waals surface area contributed by atoms with E-state index < -0.39 is 0 Å². The van der Waals surface area contributed by atoms with Gasteiger partial charge in [-0.1, -0.05) is 11.6 Å². The van der Waals surface area contributed by atoms with Gasteiger partial charge in [-0.05, 0) is 43.9 Å². The molecule has 0 unspecified atom stereocenters. The largest absolute Gasteiger partial charge is 0.381 e. The number of likely N-dealkylation sites (tertiary alicyclic amines) is 1. The monoisotopic (exact) mass is 331 g/mol. The Morgan fingerprint density at radius 1 is 1.13 bits per heavy atom. The maximum absolute atomic E-state index is 11.8. The second kappa shape index (κ2) is 6.59. The first-order chi connectivity index (χ1) is 11.1. The van der Waals surface area contributed by atoms with Gasteiger partial charge in [0.2, 0.25) is 11.8 Å². The number of carbonyl (C=O) groups excluding carboxylic acids is 2. The van der Waals surface area contributed by atoms with Gasteiger partial charge in [0.15, 0.2) is 0 Å². The highest BCUT2D eigenvalue weighted by Crippen LogP contribution is 2.30. The highest BCUT2D eigenvalue weighted by molar-refractivity contribution is 6.30. The molecule has 0 spiro atoms. The van der Waals surface area contributed by atoms with Crippen LogP contribution in [0.4, 0.5) is 5.69 Å². The van der Waals surface area contributed by atoms with Gasteiger partial charge in [-0.3, -0.25) is 14.5 Å². The molecule has 23 heavy (non-hydrogen) atoms. The number of nitrogens with zero attached hydrogens (tertiary/aromatic N) is 2. The van der Waals surface area contributed by atoms with Crippen molar-refractivity contribution in [3.05, 3.63) is 28.8 Å². The summed E-state index contributed by atoms with van der Waals surface area (Å²) in [7, 11) is 0. The Balaban J connectivity index is 1.61. The van der Waals surface area contributed by atoms with E-state index in [9.17, 15) is 14.9 Å². The lowest BCUT2D eigenvalue weighted by Gasteiger charge is -2.34. The standard InChI is InChI=1S/C17H18ClN3O2/c18-12-1-6-15(11(9-12)10-19)20-13-2-4-14(5-3-13)21-16(22)7-8-17(21)23/h1,6,9,13-14,20H,2-5,7-8H2. The number of carbonyl (C=O) groups is 2. The lowest BCUT2D eigenvalue weighted by molar-refractivity contribution is -0.141. The van der Waals surface area contributed by atoms with Crippen molar-refractivity contribution < 1.29 is 9.59 Å². The molecule has 2 aliphatic rings. The smallest absolute Gasteiger partial charge is 0.229 e. The van der Waals surface area contributed by atoms with Crippen LogP contribution in [0.2, 0.25) is 5.02 Å². The van der Waals surface area contributed by atoms with E-state index in [1.54, 1.807) is 12.1 Å². The minimum atomic E-state index is -0.0316. The van der Waals surface area contributed by atoms with Crippen LogP contribution < -0.4 is 5.32 Å². The van der Waals surface area contributed by atoms with Crippen molar-refractivity contribution in [2.45, 2.75) is 50.6 Å². The van der Waals surface area contributed by atoms with E-state index in [4.69, 9.17) is 11.6 Å². The Kier molecular flexibility index (Phi) is 4.53. The Hall–Kier alpha value is -2.06. The van der Waals surface area contributed by atoms with E-state index in [0.717, 1.165) is 31.4 Å². The normalized spacial score (nSPS) is 24.6. The third kappa shape index (κ3) is 3.32. The number of halogens is 1. The molecule has 0 radical (unpaired) electrons. The molecule has 1 aromatic rings. The summed E-state index contributed by atoms with van der Waals surface area (Å²) in [5.74, 6) is -0.0632. The minimum Gasteiger partial charge on any atom is -0.381 e. The number of benzene rings is 1. The highest BCUT2D eigenvalue weighted by atomic mass is 35.5. The van der Waals surface area contributed by atoms with Gasteiger partial charge in [-0.25, -0.2) is 0 Å². The first kappa shape index (κ1) is 15.8. The summed E-state index contributed by atoms with van der Waals surface area (Å²) in [5, 5.41) is 13.1. The zero-order valence-electron chi connectivity index (χ0n) is 12.7. The molecule has 0 bridgehead atoms. The first-order valence-corrected chi connectivity index (χ1v) is 8.27. The SMILES string of the molecule is N#Cc1cc(Cl)ccc1NC1CCC(N2C(=O)CCC2=O)CC1. The second-order valence-electron chi connectivity index (χ2n) is 6.11. The molecule has 0 aromatic heterocycles. The Labute approximate surface area is 140 Å². The zero-order valence-corrected chi connectivity index (χ0v) is 13.5. The van der Waals surface area contributed by atoms with Crippen LogP contribution in [-0.4, -0.2) is 28.8 Å². The molecule has 120 valence electrons. The zero-order chi connectivity index (χ0) is 16.4. The van der Waals surface area contributed by atoms with Gasteiger partial charge < -0.3 is 5.32 Å². The van der Waals surface area contributed by atoms with Gasteiger partial charge in [0.25, 0.3) is 0 Å². The van der Waals surface area contributed by atoms with Crippen molar-refractivity contribution in [1.29, 1.82) is 5.26 Å². The van der Waals surface area contributed by atoms with Gasteiger partial charge in [-0.2, -0.15) is 5.26 Å². The molecule has 0 atom stereocenters. The van der Waals surface area contributed by atoms with Crippen molar-refractivity contribution in [1.82, 2.24) is 4.90 Å². The van der Waals surface area contributed by atoms with Gasteiger partial charge in [0, 0.05) is 29.9 Å². The van der Waals surface area contributed by atoms with Crippen LogP contribution in [0.15, 0.2) is 18.2 Å². The molecule has 2 amide bonds. The third-order valence-electron chi connectivity index (χ3n) is 4.61. The topological polar surface area (TPSA) is 73.2 Å². The predicted molar refractivity (Wildman–Crippen MR) is 86.9 cm³/mol. The second-order valence-corrected chi connectivity index (χ2v) is 6.55. The number of nitrogens with one attached hydrogen (secondary N) is 1. The molecule has 1 heterocycles. The van der Waals surface area contributed by atoms with Gasteiger partial charge >= 0.3 is 0 Å². The summed E-state index contributed by atoms with van der Waals surface area (Å²) >= 11 is 5.91. The van der Waals surface area contributed by atoms with Crippen LogP contribution in [0.25, 0.3) is 0 Å². The van der Waals surface area contributed by atoms with Crippen molar-refractivity contribution in [2.24, 2.45) is 0 Å². The summed E-state index contributed by atoms with van der Waals surface area (Å²) in [4.78, 5) is 25.1. The van der Waals surface area contributed by atoms with E-state index >= 15 is 0 Å². The van der Waals surface area contributed by atoms with Gasteiger partial charge in [-0.15, -0.1) is 0 Å². The maximum atomic E-state index is 11.8. The lowest BCUT2D eigenvalue weighted by Crippen LogP contribution is -2.43. The predicted octanol–water partition coefficient (Wildman–Crippen LogP) is 3.08.